The zero-order valence-corrected chi connectivity index (χ0v) is 14.4. The average molecular weight is 338 g/mol. The van der Waals surface area contributed by atoms with Gasteiger partial charge in [-0.25, -0.2) is 14.6 Å². The van der Waals surface area contributed by atoms with E-state index in [1.54, 1.807) is 30.5 Å². The molecule has 2 rings (SSSR count). The van der Waals surface area contributed by atoms with Crippen LogP contribution in [0.5, 0.6) is 0 Å². The Morgan fingerprint density at radius 1 is 1.35 bits per heavy atom. The van der Waals surface area contributed by atoms with E-state index < -0.39 is 10.1 Å². The molecule has 0 saturated heterocycles. The molecule has 7 heteroatoms. The zero-order chi connectivity index (χ0) is 17.1. The van der Waals surface area contributed by atoms with Crippen LogP contribution < -0.4 is 10.0 Å². The molecule has 2 aromatic rings. The molecule has 1 N–H and O–H groups in total. The fourth-order valence-corrected chi connectivity index (χ4v) is 1.87. The molecule has 0 atom stereocenters. The molecule has 0 aliphatic rings. The summed E-state index contributed by atoms with van der Waals surface area (Å²) in [7, 11) is -3.43. The van der Waals surface area contributed by atoms with E-state index in [0.29, 0.717) is 5.69 Å². The molecule has 23 heavy (non-hydrogen) atoms. The van der Waals surface area contributed by atoms with Gasteiger partial charge in [-0.05, 0) is 18.6 Å². The number of anilines is 1. The fraction of sp³-hybridized carbons (Fsp3) is 0.312. The number of aryl methyl sites for hydroxylation is 1. The van der Waals surface area contributed by atoms with Crippen molar-refractivity contribution in [1.82, 2.24) is 4.57 Å². The van der Waals surface area contributed by atoms with Crippen molar-refractivity contribution < 1.29 is 17.3 Å². The molecular weight excluding hydrogens is 314 g/mol. The van der Waals surface area contributed by atoms with Crippen molar-refractivity contribution in [3.8, 4) is 0 Å². The summed E-state index contributed by atoms with van der Waals surface area (Å²) in [6, 6.07) is 8.77. The molecule has 0 radical (unpaired) electrons. The highest BCUT2D eigenvalue weighted by Crippen LogP contribution is 2.05. The molecule has 6 nitrogen and oxygen atoms in total. The quantitative estimate of drug-likeness (QED) is 0.623. The number of rotatable bonds is 7. The number of hydrogen-bond donors (Lipinski definition) is 1. The molecule has 0 spiro atoms. The van der Waals surface area contributed by atoms with E-state index >= 15 is 0 Å². The third kappa shape index (κ3) is 8.80. The molecule has 0 saturated carbocycles. The Morgan fingerprint density at radius 3 is 2.57 bits per heavy atom. The molecule has 126 valence electrons. The van der Waals surface area contributed by atoms with Crippen molar-refractivity contribution in [2.75, 3.05) is 11.7 Å². The minimum Gasteiger partial charge on any atom is -0.249 e. The second-order valence-corrected chi connectivity index (χ2v) is 6.47. The van der Waals surface area contributed by atoms with Crippen LogP contribution in [0.15, 0.2) is 55.6 Å². The Kier molecular flexibility index (Phi) is 8.07. The first-order valence-corrected chi connectivity index (χ1v) is 9.15. The number of unbranched alkanes of at least 4 members (excludes halogenated alkanes) is 1. The van der Waals surface area contributed by atoms with Gasteiger partial charge in [0, 0.05) is 0 Å². The highest BCUT2D eigenvalue weighted by molar-refractivity contribution is 7.86. The van der Waals surface area contributed by atoms with Gasteiger partial charge in [-0.1, -0.05) is 38.1 Å². The number of nitrogens with one attached hydrogen (secondary N) is 1. The van der Waals surface area contributed by atoms with Gasteiger partial charge in [0.15, 0.2) is 0 Å². The maximum absolute atomic E-state index is 10.5. The van der Waals surface area contributed by atoms with Crippen LogP contribution in [0.25, 0.3) is 6.20 Å². The Morgan fingerprint density at radius 2 is 2.04 bits per heavy atom. The summed E-state index contributed by atoms with van der Waals surface area (Å²) in [5.74, 6) is 0. The summed E-state index contributed by atoms with van der Waals surface area (Å²) in [5.41, 5.74) is 2.90. The predicted octanol–water partition coefficient (Wildman–Crippen LogP) is 2.67. The first-order valence-electron chi connectivity index (χ1n) is 7.33. The summed E-state index contributed by atoms with van der Waals surface area (Å²) < 4.78 is 29.5. The van der Waals surface area contributed by atoms with E-state index in [-0.39, 0.29) is 0 Å². The van der Waals surface area contributed by atoms with E-state index in [0.717, 1.165) is 12.8 Å². The lowest BCUT2D eigenvalue weighted by Crippen LogP contribution is -2.30. The molecule has 1 aromatic heterocycles. The van der Waals surface area contributed by atoms with Crippen LogP contribution in [-0.4, -0.2) is 19.2 Å². The van der Waals surface area contributed by atoms with Gasteiger partial charge in [-0.2, -0.15) is 12.7 Å². The first kappa shape index (κ1) is 18.9. The smallest absolute Gasteiger partial charge is 0.249 e. The fourth-order valence-electron chi connectivity index (χ4n) is 1.62. The van der Waals surface area contributed by atoms with Crippen LogP contribution in [0.3, 0.4) is 0 Å². The zero-order valence-electron chi connectivity index (χ0n) is 13.6. The summed E-state index contributed by atoms with van der Waals surface area (Å²) in [4.78, 5) is 0. The minimum atomic E-state index is -3.43. The molecule has 0 amide bonds. The molecular formula is C16H24N3O3S+. The van der Waals surface area contributed by atoms with Crippen LogP contribution in [-0.2, 0) is 20.9 Å². The Labute approximate surface area is 138 Å². The van der Waals surface area contributed by atoms with Gasteiger partial charge in [-0.15, -0.1) is 0 Å². The molecule has 1 aromatic carbocycles. The topological polar surface area (TPSA) is 64.2 Å². The van der Waals surface area contributed by atoms with Crippen molar-refractivity contribution in [2.24, 2.45) is 0 Å². The number of para-hydroxylation sites is 1. The number of nitrogens with zero attached hydrogens (tertiary/aromatic N) is 2. The third-order valence-electron chi connectivity index (χ3n) is 2.78. The number of imidazole rings is 1. The summed E-state index contributed by atoms with van der Waals surface area (Å²) in [6.45, 7) is 6.98. The predicted molar refractivity (Wildman–Crippen MR) is 91.9 cm³/mol. The maximum Gasteiger partial charge on any atom is 0.284 e. The second kappa shape index (κ2) is 9.81. The van der Waals surface area contributed by atoms with Crippen molar-refractivity contribution >= 4 is 22.0 Å². The largest absolute Gasteiger partial charge is 0.284 e. The van der Waals surface area contributed by atoms with Crippen LogP contribution in [0.2, 0.25) is 0 Å². The van der Waals surface area contributed by atoms with Gasteiger partial charge in [0.2, 0.25) is 6.33 Å². The third-order valence-corrected chi connectivity index (χ3v) is 3.16. The van der Waals surface area contributed by atoms with Gasteiger partial charge >= 0.3 is 0 Å². The van der Waals surface area contributed by atoms with Crippen molar-refractivity contribution in [1.29, 1.82) is 0 Å². The lowest BCUT2D eigenvalue weighted by Gasteiger charge is -2.02. The lowest BCUT2D eigenvalue weighted by molar-refractivity contribution is -0.696. The van der Waals surface area contributed by atoms with Crippen LogP contribution >= 0.6 is 0 Å². The second-order valence-electron chi connectivity index (χ2n) is 4.89. The van der Waals surface area contributed by atoms with Gasteiger partial charge < -0.3 is 0 Å². The lowest BCUT2D eigenvalue weighted by atomic mass is 10.3. The van der Waals surface area contributed by atoms with Crippen molar-refractivity contribution in [2.45, 2.75) is 26.3 Å². The Balaban J connectivity index is 0.000000231. The first-order chi connectivity index (χ1) is 10.9. The molecule has 0 aliphatic heterocycles. The van der Waals surface area contributed by atoms with Gasteiger partial charge in [0.05, 0.1) is 24.7 Å². The van der Waals surface area contributed by atoms with Crippen LogP contribution in [0.4, 0.5) is 5.69 Å². The van der Waals surface area contributed by atoms with E-state index in [9.17, 15) is 8.42 Å². The molecule has 0 fully saturated rings. The van der Waals surface area contributed by atoms with Crippen molar-refractivity contribution in [3.05, 3.63) is 55.6 Å². The van der Waals surface area contributed by atoms with Crippen LogP contribution in [0.1, 0.15) is 19.8 Å². The van der Waals surface area contributed by atoms with Gasteiger partial charge in [-0.3, -0.25) is 0 Å². The van der Waals surface area contributed by atoms with E-state index in [1.165, 1.54) is 12.8 Å². The number of hydrogen-bond acceptors (Lipinski definition) is 4. The van der Waals surface area contributed by atoms with E-state index in [4.69, 9.17) is 0 Å². The summed E-state index contributed by atoms with van der Waals surface area (Å²) in [6.07, 6.45) is 11.4. The highest BCUT2D eigenvalue weighted by atomic mass is 32.2. The SMILES string of the molecule is C=Cn1cc[n+](CCCC)c1.CS(=O)(=O)ONc1ccccc1. The monoisotopic (exact) mass is 338 g/mol. The minimum absolute atomic E-state index is 0.600. The summed E-state index contributed by atoms with van der Waals surface area (Å²) >= 11 is 0. The number of aromatic nitrogens is 2. The number of benzene rings is 1. The van der Waals surface area contributed by atoms with E-state index in [2.05, 4.69) is 34.0 Å². The molecule has 1 heterocycles. The Hall–Kier alpha value is -2.12. The summed E-state index contributed by atoms with van der Waals surface area (Å²) in [5, 5.41) is 0. The molecule has 0 unspecified atom stereocenters. The van der Waals surface area contributed by atoms with E-state index in [1.807, 2.05) is 23.2 Å². The van der Waals surface area contributed by atoms with Crippen molar-refractivity contribution in [3.63, 3.8) is 0 Å². The highest BCUT2D eigenvalue weighted by Gasteiger charge is 2.00. The Bertz CT molecular complexity index is 682. The van der Waals surface area contributed by atoms with Gasteiger partial charge in [0.1, 0.15) is 12.4 Å². The molecule has 0 bridgehead atoms. The maximum atomic E-state index is 10.5. The average Bonchev–Trinajstić information content (AvgIpc) is 3.00. The van der Waals surface area contributed by atoms with Gasteiger partial charge in [0.25, 0.3) is 10.1 Å². The van der Waals surface area contributed by atoms with Crippen LogP contribution in [0, 0.1) is 0 Å². The molecule has 0 aliphatic carbocycles. The standard InChI is InChI=1S/C9H15N2.C7H9NO3S/c1-3-5-6-11-8-7-10(4-2)9-11;1-12(9,10)11-8-7-5-3-2-4-6-7/h4,7-9H,2-3,5-6H2,1H3;2-6,8H,1H3/q+1;. The normalized spacial score (nSPS) is 10.5.